The molecule has 14 heavy (non-hydrogen) atoms. The molecule has 1 heterocycles. The first kappa shape index (κ1) is 9.38. The van der Waals surface area contributed by atoms with Crippen LogP contribution in [0.4, 0.5) is 11.4 Å². The molecule has 1 N–H and O–H groups in total. The minimum Gasteiger partial charge on any atom is -0.386 e. The fourth-order valence-corrected chi connectivity index (χ4v) is 2.07. The third-order valence-electron chi connectivity index (χ3n) is 2.87. The van der Waals surface area contributed by atoms with Crippen molar-refractivity contribution in [1.29, 1.82) is 0 Å². The zero-order valence-corrected chi connectivity index (χ0v) is 9.01. The summed E-state index contributed by atoms with van der Waals surface area (Å²) in [4.78, 5) is 2.47. The van der Waals surface area contributed by atoms with Gasteiger partial charge in [-0.15, -0.1) is 0 Å². The smallest absolute Gasteiger partial charge is 0.0604 e. The van der Waals surface area contributed by atoms with Gasteiger partial charge >= 0.3 is 0 Å². The lowest BCUT2D eigenvalue weighted by Gasteiger charge is -2.21. The summed E-state index contributed by atoms with van der Waals surface area (Å²) in [6, 6.07) is 6.60. The predicted octanol–water partition coefficient (Wildman–Crippen LogP) is 2.64. The number of hydrogen-bond donors (Lipinski definition) is 1. The number of nitrogens with zero attached hydrogens (tertiary/aromatic N) is 1. The van der Waals surface area contributed by atoms with Crippen molar-refractivity contribution < 1.29 is 0 Å². The summed E-state index contributed by atoms with van der Waals surface area (Å²) in [7, 11) is 1.99. The molecule has 2 heteroatoms. The number of nitrogens with one attached hydrogen (secondary N) is 1. The molecule has 1 aliphatic heterocycles. The second-order valence-electron chi connectivity index (χ2n) is 3.96. The van der Waals surface area contributed by atoms with Gasteiger partial charge in [0.15, 0.2) is 0 Å². The molecule has 0 spiro atoms. The first-order chi connectivity index (χ1) is 6.81. The standard InChI is InChI=1S/C12H18N2/c1-10-5-6-11(13-2)12(9-10)14-7-3-4-8-14/h5-6,9,13H,3-4,7-8H2,1-2H3. The van der Waals surface area contributed by atoms with Gasteiger partial charge in [-0.25, -0.2) is 0 Å². The van der Waals surface area contributed by atoms with E-state index in [-0.39, 0.29) is 0 Å². The van der Waals surface area contributed by atoms with E-state index in [1.165, 1.54) is 42.9 Å². The number of benzene rings is 1. The molecule has 0 unspecified atom stereocenters. The molecule has 1 aromatic rings. The first-order valence-corrected chi connectivity index (χ1v) is 5.34. The maximum atomic E-state index is 3.26. The third kappa shape index (κ3) is 1.69. The van der Waals surface area contributed by atoms with Crippen LogP contribution in [0.3, 0.4) is 0 Å². The maximum absolute atomic E-state index is 3.26. The van der Waals surface area contributed by atoms with E-state index in [1.807, 2.05) is 7.05 Å². The van der Waals surface area contributed by atoms with E-state index in [0.717, 1.165) is 0 Å². The molecule has 0 aromatic heterocycles. The Morgan fingerprint density at radius 1 is 1.21 bits per heavy atom. The zero-order valence-electron chi connectivity index (χ0n) is 9.01. The van der Waals surface area contributed by atoms with Gasteiger partial charge in [-0.3, -0.25) is 0 Å². The highest BCUT2D eigenvalue weighted by atomic mass is 15.2. The molecule has 0 amide bonds. The molecule has 0 saturated carbocycles. The summed E-state index contributed by atoms with van der Waals surface area (Å²) in [5, 5.41) is 3.26. The Balaban J connectivity index is 2.33. The van der Waals surface area contributed by atoms with Crippen LogP contribution < -0.4 is 10.2 Å². The molecule has 0 bridgehead atoms. The minimum absolute atomic E-state index is 1.21. The number of rotatable bonds is 2. The molecule has 1 saturated heterocycles. The number of anilines is 2. The topological polar surface area (TPSA) is 15.3 Å². The third-order valence-corrected chi connectivity index (χ3v) is 2.87. The van der Waals surface area contributed by atoms with Crippen molar-refractivity contribution in [2.24, 2.45) is 0 Å². The Hall–Kier alpha value is -1.18. The van der Waals surface area contributed by atoms with Gasteiger partial charge in [-0.2, -0.15) is 0 Å². The van der Waals surface area contributed by atoms with Gasteiger partial charge in [0.1, 0.15) is 0 Å². The summed E-state index contributed by atoms with van der Waals surface area (Å²) in [5.74, 6) is 0. The normalized spacial score (nSPS) is 16.0. The highest BCUT2D eigenvalue weighted by Crippen LogP contribution is 2.29. The lowest BCUT2D eigenvalue weighted by atomic mass is 10.2. The van der Waals surface area contributed by atoms with Crippen LogP contribution in [-0.4, -0.2) is 20.1 Å². The van der Waals surface area contributed by atoms with E-state index in [4.69, 9.17) is 0 Å². The van der Waals surface area contributed by atoms with Crippen molar-refractivity contribution >= 4 is 11.4 Å². The van der Waals surface area contributed by atoms with Crippen LogP contribution in [0.1, 0.15) is 18.4 Å². The van der Waals surface area contributed by atoms with E-state index in [1.54, 1.807) is 0 Å². The van der Waals surface area contributed by atoms with Crippen molar-refractivity contribution in [3.8, 4) is 0 Å². The Morgan fingerprint density at radius 2 is 1.93 bits per heavy atom. The highest BCUT2D eigenvalue weighted by molar-refractivity contribution is 5.71. The van der Waals surface area contributed by atoms with Crippen LogP contribution in [0.25, 0.3) is 0 Å². The van der Waals surface area contributed by atoms with E-state index < -0.39 is 0 Å². The van der Waals surface area contributed by atoms with Crippen LogP contribution in [0.5, 0.6) is 0 Å². The minimum atomic E-state index is 1.21. The second-order valence-corrected chi connectivity index (χ2v) is 3.96. The van der Waals surface area contributed by atoms with E-state index >= 15 is 0 Å². The monoisotopic (exact) mass is 190 g/mol. The summed E-state index contributed by atoms with van der Waals surface area (Å²) < 4.78 is 0. The Morgan fingerprint density at radius 3 is 2.57 bits per heavy atom. The zero-order chi connectivity index (χ0) is 9.97. The van der Waals surface area contributed by atoms with Gasteiger partial charge in [-0.05, 0) is 37.5 Å². The quantitative estimate of drug-likeness (QED) is 0.771. The van der Waals surface area contributed by atoms with Gasteiger partial charge in [0.2, 0.25) is 0 Å². The molecule has 2 nitrogen and oxygen atoms in total. The van der Waals surface area contributed by atoms with Crippen molar-refractivity contribution in [3.05, 3.63) is 23.8 Å². The Labute approximate surface area is 85.9 Å². The van der Waals surface area contributed by atoms with Crippen molar-refractivity contribution in [2.75, 3.05) is 30.4 Å². The van der Waals surface area contributed by atoms with Crippen LogP contribution >= 0.6 is 0 Å². The SMILES string of the molecule is CNc1ccc(C)cc1N1CCCC1. The summed E-state index contributed by atoms with van der Waals surface area (Å²) >= 11 is 0. The number of aryl methyl sites for hydroxylation is 1. The summed E-state index contributed by atoms with van der Waals surface area (Å²) in [6.07, 6.45) is 2.66. The van der Waals surface area contributed by atoms with Crippen LogP contribution in [-0.2, 0) is 0 Å². The molecule has 1 aliphatic rings. The first-order valence-electron chi connectivity index (χ1n) is 5.34. The lowest BCUT2D eigenvalue weighted by molar-refractivity contribution is 0.949. The molecule has 1 aromatic carbocycles. The van der Waals surface area contributed by atoms with Crippen molar-refractivity contribution in [3.63, 3.8) is 0 Å². The number of hydrogen-bond acceptors (Lipinski definition) is 2. The van der Waals surface area contributed by atoms with Gasteiger partial charge in [-0.1, -0.05) is 6.07 Å². The van der Waals surface area contributed by atoms with Gasteiger partial charge in [0.05, 0.1) is 11.4 Å². The van der Waals surface area contributed by atoms with E-state index in [0.29, 0.717) is 0 Å². The molecule has 0 atom stereocenters. The summed E-state index contributed by atoms with van der Waals surface area (Å²) in [5.41, 5.74) is 3.95. The lowest BCUT2D eigenvalue weighted by Crippen LogP contribution is -2.19. The second kappa shape index (κ2) is 3.91. The van der Waals surface area contributed by atoms with Crippen LogP contribution in [0, 0.1) is 6.92 Å². The molecule has 76 valence electrons. The van der Waals surface area contributed by atoms with Gasteiger partial charge in [0, 0.05) is 20.1 Å². The molecule has 0 radical (unpaired) electrons. The largest absolute Gasteiger partial charge is 0.386 e. The average Bonchev–Trinajstić information content (AvgIpc) is 2.70. The van der Waals surface area contributed by atoms with E-state index in [9.17, 15) is 0 Å². The Kier molecular flexibility index (Phi) is 2.62. The maximum Gasteiger partial charge on any atom is 0.0604 e. The predicted molar refractivity (Wildman–Crippen MR) is 62.2 cm³/mol. The molecular formula is C12H18N2. The fourth-order valence-electron chi connectivity index (χ4n) is 2.07. The summed E-state index contributed by atoms with van der Waals surface area (Å²) in [6.45, 7) is 4.56. The van der Waals surface area contributed by atoms with Gasteiger partial charge < -0.3 is 10.2 Å². The molecular weight excluding hydrogens is 172 g/mol. The molecule has 2 rings (SSSR count). The highest BCUT2D eigenvalue weighted by Gasteiger charge is 2.14. The van der Waals surface area contributed by atoms with E-state index in [2.05, 4.69) is 35.3 Å². The average molecular weight is 190 g/mol. The van der Waals surface area contributed by atoms with Crippen LogP contribution in [0.2, 0.25) is 0 Å². The Bertz CT molecular complexity index is 314. The van der Waals surface area contributed by atoms with Crippen molar-refractivity contribution in [2.45, 2.75) is 19.8 Å². The fraction of sp³-hybridized carbons (Fsp3) is 0.500. The van der Waals surface area contributed by atoms with Crippen molar-refractivity contribution in [1.82, 2.24) is 0 Å². The molecule has 0 aliphatic carbocycles. The van der Waals surface area contributed by atoms with Crippen LogP contribution in [0.15, 0.2) is 18.2 Å². The molecule has 1 fully saturated rings. The van der Waals surface area contributed by atoms with Gasteiger partial charge in [0.25, 0.3) is 0 Å².